The second kappa shape index (κ2) is 4.88. The fourth-order valence-corrected chi connectivity index (χ4v) is 3.16. The van der Waals surface area contributed by atoms with Gasteiger partial charge in [0.2, 0.25) is 0 Å². The summed E-state index contributed by atoms with van der Waals surface area (Å²) in [7, 11) is 2.15. The Labute approximate surface area is 121 Å². The summed E-state index contributed by atoms with van der Waals surface area (Å²) in [5.74, 6) is 1.17. The molecule has 0 saturated heterocycles. The molecular formula is C17H25N3. The highest BCUT2D eigenvalue weighted by Gasteiger charge is 2.23. The third-order valence-corrected chi connectivity index (χ3v) is 4.53. The van der Waals surface area contributed by atoms with Crippen LogP contribution in [0.3, 0.4) is 0 Å². The first-order valence-corrected chi connectivity index (χ1v) is 7.62. The molecular weight excluding hydrogens is 246 g/mol. The van der Waals surface area contributed by atoms with E-state index in [9.17, 15) is 0 Å². The SMILES string of the molecule is Cn1c(C2=CC=C(C(C)(C)C)CC2)nc2c1CNCC2. The number of imidazole rings is 1. The van der Waals surface area contributed by atoms with Crippen LogP contribution >= 0.6 is 0 Å². The third kappa shape index (κ3) is 2.35. The smallest absolute Gasteiger partial charge is 0.136 e. The molecule has 20 heavy (non-hydrogen) atoms. The van der Waals surface area contributed by atoms with Gasteiger partial charge in [0.05, 0.1) is 11.4 Å². The van der Waals surface area contributed by atoms with Crippen molar-refractivity contribution in [1.82, 2.24) is 14.9 Å². The molecule has 1 N–H and O–H groups in total. The zero-order valence-corrected chi connectivity index (χ0v) is 13.1. The fourth-order valence-electron chi connectivity index (χ4n) is 3.16. The summed E-state index contributed by atoms with van der Waals surface area (Å²) in [6.07, 6.45) is 7.92. The molecule has 1 aliphatic carbocycles. The van der Waals surface area contributed by atoms with E-state index < -0.39 is 0 Å². The molecule has 1 aromatic heterocycles. The van der Waals surface area contributed by atoms with Crippen LogP contribution in [-0.4, -0.2) is 16.1 Å². The summed E-state index contributed by atoms with van der Waals surface area (Å²) < 4.78 is 2.28. The first kappa shape index (κ1) is 13.6. The van der Waals surface area contributed by atoms with Crippen LogP contribution in [0.15, 0.2) is 17.7 Å². The minimum absolute atomic E-state index is 0.285. The number of aromatic nitrogens is 2. The molecule has 1 aliphatic heterocycles. The molecule has 3 heteroatoms. The van der Waals surface area contributed by atoms with Gasteiger partial charge in [-0.2, -0.15) is 0 Å². The molecule has 3 nitrogen and oxygen atoms in total. The predicted molar refractivity (Wildman–Crippen MR) is 83.4 cm³/mol. The average Bonchev–Trinajstić information content (AvgIpc) is 2.76. The lowest BCUT2D eigenvalue weighted by molar-refractivity contribution is 0.482. The molecule has 0 aromatic carbocycles. The molecule has 2 aliphatic rings. The molecule has 0 atom stereocenters. The van der Waals surface area contributed by atoms with Gasteiger partial charge in [0.15, 0.2) is 0 Å². The maximum atomic E-state index is 4.89. The number of hydrogen-bond acceptors (Lipinski definition) is 2. The van der Waals surface area contributed by atoms with Crippen LogP contribution in [0.5, 0.6) is 0 Å². The van der Waals surface area contributed by atoms with E-state index in [1.807, 2.05) is 0 Å². The first-order valence-electron chi connectivity index (χ1n) is 7.62. The van der Waals surface area contributed by atoms with Crippen LogP contribution < -0.4 is 5.32 Å². The maximum absolute atomic E-state index is 4.89. The maximum Gasteiger partial charge on any atom is 0.136 e. The second-order valence-corrected chi connectivity index (χ2v) is 6.95. The van der Waals surface area contributed by atoms with Crippen LogP contribution in [0.1, 0.15) is 50.8 Å². The fraction of sp³-hybridized carbons (Fsp3) is 0.588. The lowest BCUT2D eigenvalue weighted by Crippen LogP contribution is -2.24. The molecule has 0 spiro atoms. The number of nitrogens with one attached hydrogen (secondary N) is 1. The zero-order chi connectivity index (χ0) is 14.3. The molecule has 108 valence electrons. The largest absolute Gasteiger partial charge is 0.330 e. The highest BCUT2D eigenvalue weighted by molar-refractivity contribution is 5.65. The van der Waals surface area contributed by atoms with Crippen molar-refractivity contribution in [2.75, 3.05) is 6.54 Å². The van der Waals surface area contributed by atoms with Gasteiger partial charge >= 0.3 is 0 Å². The minimum atomic E-state index is 0.285. The van der Waals surface area contributed by atoms with Crippen molar-refractivity contribution in [3.05, 3.63) is 34.9 Å². The normalized spacial score (nSPS) is 19.4. The van der Waals surface area contributed by atoms with Gasteiger partial charge in [-0.05, 0) is 23.8 Å². The number of nitrogens with zero attached hydrogens (tertiary/aromatic N) is 2. The van der Waals surface area contributed by atoms with E-state index in [-0.39, 0.29) is 5.41 Å². The number of allylic oxidation sites excluding steroid dienone is 4. The van der Waals surface area contributed by atoms with Crippen LogP contribution in [0.4, 0.5) is 0 Å². The zero-order valence-electron chi connectivity index (χ0n) is 13.1. The van der Waals surface area contributed by atoms with E-state index in [0.29, 0.717) is 0 Å². The van der Waals surface area contributed by atoms with Crippen molar-refractivity contribution in [2.45, 2.75) is 46.6 Å². The summed E-state index contributed by atoms with van der Waals surface area (Å²) in [5, 5.41) is 3.43. The Bertz CT molecular complexity index is 582. The van der Waals surface area contributed by atoms with Crippen molar-refractivity contribution < 1.29 is 0 Å². The van der Waals surface area contributed by atoms with Crippen molar-refractivity contribution in [3.63, 3.8) is 0 Å². The van der Waals surface area contributed by atoms with E-state index in [2.05, 4.69) is 49.9 Å². The average molecular weight is 271 g/mol. The van der Waals surface area contributed by atoms with Crippen molar-refractivity contribution >= 4 is 5.57 Å². The van der Waals surface area contributed by atoms with Crippen molar-refractivity contribution in [2.24, 2.45) is 12.5 Å². The molecule has 2 heterocycles. The monoisotopic (exact) mass is 271 g/mol. The summed E-state index contributed by atoms with van der Waals surface area (Å²) in [6.45, 7) is 8.89. The molecule has 0 fully saturated rings. The number of rotatable bonds is 1. The van der Waals surface area contributed by atoms with Gasteiger partial charge < -0.3 is 9.88 Å². The Morgan fingerprint density at radius 3 is 2.55 bits per heavy atom. The Morgan fingerprint density at radius 1 is 1.15 bits per heavy atom. The van der Waals surface area contributed by atoms with Gasteiger partial charge in [-0.25, -0.2) is 4.98 Å². The molecule has 0 unspecified atom stereocenters. The number of fused-ring (bicyclic) bond motifs is 1. The van der Waals surface area contributed by atoms with E-state index in [4.69, 9.17) is 4.98 Å². The standard InChI is InChI=1S/C17H25N3/c1-17(2,3)13-7-5-12(6-8-13)16-19-14-9-10-18-11-15(14)20(16)4/h5,7,18H,6,8-11H2,1-4H3. The Morgan fingerprint density at radius 2 is 1.95 bits per heavy atom. The van der Waals surface area contributed by atoms with Crippen LogP contribution in [-0.2, 0) is 20.0 Å². The Kier molecular flexibility index (Phi) is 3.33. The first-order chi connectivity index (χ1) is 9.47. The lowest BCUT2D eigenvalue weighted by atomic mass is 9.80. The highest BCUT2D eigenvalue weighted by atomic mass is 15.1. The predicted octanol–water partition coefficient (Wildman–Crippen LogP) is 3.22. The van der Waals surface area contributed by atoms with Crippen molar-refractivity contribution in [3.8, 4) is 0 Å². The Hall–Kier alpha value is -1.35. The molecule has 3 rings (SSSR count). The van der Waals surface area contributed by atoms with E-state index >= 15 is 0 Å². The van der Waals surface area contributed by atoms with Crippen LogP contribution in [0.25, 0.3) is 5.57 Å². The molecule has 0 radical (unpaired) electrons. The van der Waals surface area contributed by atoms with Gasteiger partial charge in [0.25, 0.3) is 0 Å². The van der Waals surface area contributed by atoms with E-state index in [1.54, 1.807) is 5.57 Å². The summed E-state index contributed by atoms with van der Waals surface area (Å²) in [5.41, 5.74) is 5.86. The topological polar surface area (TPSA) is 29.9 Å². The minimum Gasteiger partial charge on any atom is -0.330 e. The van der Waals surface area contributed by atoms with Gasteiger partial charge in [0, 0.05) is 26.6 Å². The van der Waals surface area contributed by atoms with Gasteiger partial charge in [-0.1, -0.05) is 38.5 Å². The molecule has 1 aromatic rings. The highest BCUT2D eigenvalue weighted by Crippen LogP contribution is 2.35. The molecule has 0 bridgehead atoms. The van der Waals surface area contributed by atoms with E-state index in [0.717, 1.165) is 32.4 Å². The lowest BCUT2D eigenvalue weighted by Gasteiger charge is -2.26. The number of hydrogen-bond donors (Lipinski definition) is 1. The van der Waals surface area contributed by atoms with Gasteiger partial charge in [-0.3, -0.25) is 0 Å². The van der Waals surface area contributed by atoms with Gasteiger partial charge in [-0.15, -0.1) is 0 Å². The van der Waals surface area contributed by atoms with E-state index in [1.165, 1.54) is 22.8 Å². The Balaban J connectivity index is 1.93. The summed E-state index contributed by atoms with van der Waals surface area (Å²) >= 11 is 0. The van der Waals surface area contributed by atoms with Crippen LogP contribution in [0, 0.1) is 5.41 Å². The van der Waals surface area contributed by atoms with Crippen LogP contribution in [0.2, 0.25) is 0 Å². The summed E-state index contributed by atoms with van der Waals surface area (Å²) in [4.78, 5) is 4.89. The molecule has 0 saturated carbocycles. The summed E-state index contributed by atoms with van der Waals surface area (Å²) in [6, 6.07) is 0. The second-order valence-electron chi connectivity index (χ2n) is 6.95. The van der Waals surface area contributed by atoms with Crippen molar-refractivity contribution in [1.29, 1.82) is 0 Å². The van der Waals surface area contributed by atoms with Gasteiger partial charge in [0.1, 0.15) is 5.82 Å². The molecule has 0 amide bonds. The third-order valence-electron chi connectivity index (χ3n) is 4.53. The quantitative estimate of drug-likeness (QED) is 0.850.